The highest BCUT2D eigenvalue weighted by atomic mass is 15.2. The zero-order valence-corrected chi connectivity index (χ0v) is 32.9. The minimum Gasteiger partial charge on any atom is -0.375 e. The SMILES string of the molecule is CC(C)(C)c1ccc2c(c1)c1cc(C(C)(C)C)cc3c1n2B1c2c-3cccc2-n2c3c1cc(C(C)(C)C)cc3n1c3cc(C(C)(C)C)ccc3nc21. The van der Waals surface area contributed by atoms with Crippen molar-refractivity contribution in [3.05, 3.63) is 101 Å². The molecule has 52 heavy (non-hydrogen) atoms. The number of hydrogen-bond acceptors (Lipinski definition) is 1. The van der Waals surface area contributed by atoms with Crippen LogP contribution in [0.3, 0.4) is 0 Å². The van der Waals surface area contributed by atoms with Gasteiger partial charge < -0.3 is 4.48 Å². The normalized spacial score (nSPS) is 14.5. The van der Waals surface area contributed by atoms with Crippen molar-refractivity contribution < 1.29 is 0 Å². The molecule has 5 aromatic carbocycles. The van der Waals surface area contributed by atoms with Crippen LogP contribution >= 0.6 is 0 Å². The molecule has 3 aromatic heterocycles. The van der Waals surface area contributed by atoms with E-state index in [4.69, 9.17) is 4.98 Å². The molecule has 260 valence electrons. The molecule has 0 N–H and O–H groups in total. The third-order valence-corrected chi connectivity index (χ3v) is 12.2. The maximum absolute atomic E-state index is 5.43. The first kappa shape index (κ1) is 31.9. The van der Waals surface area contributed by atoms with Crippen LogP contribution < -0.4 is 10.9 Å². The monoisotopic (exact) mass is 680 g/mol. The second-order valence-corrected chi connectivity index (χ2v) is 19.9. The Kier molecular flexibility index (Phi) is 5.90. The van der Waals surface area contributed by atoms with Gasteiger partial charge >= 0.3 is 6.85 Å². The van der Waals surface area contributed by atoms with Gasteiger partial charge in [0, 0.05) is 33.1 Å². The molecule has 0 saturated carbocycles. The summed E-state index contributed by atoms with van der Waals surface area (Å²) in [6, 6.07) is 31.1. The summed E-state index contributed by atoms with van der Waals surface area (Å²) in [6.45, 7) is 28.0. The molecule has 0 unspecified atom stereocenters. The highest BCUT2D eigenvalue weighted by Crippen LogP contribution is 2.45. The Labute approximate surface area is 307 Å². The second-order valence-electron chi connectivity index (χ2n) is 19.9. The van der Waals surface area contributed by atoms with Crippen molar-refractivity contribution in [3.8, 4) is 16.8 Å². The fraction of sp³-hybridized carbons (Fsp3) is 0.340. The zero-order chi connectivity index (χ0) is 36.6. The van der Waals surface area contributed by atoms with Gasteiger partial charge in [-0.15, -0.1) is 0 Å². The first-order chi connectivity index (χ1) is 24.3. The highest BCUT2D eigenvalue weighted by Gasteiger charge is 2.43. The molecule has 2 aliphatic heterocycles. The number of aromatic nitrogens is 4. The summed E-state index contributed by atoms with van der Waals surface area (Å²) < 4.78 is 7.66. The molecule has 5 heterocycles. The Balaban J connectivity index is 1.42. The summed E-state index contributed by atoms with van der Waals surface area (Å²) in [7, 11) is 0. The Morgan fingerprint density at radius 1 is 0.519 bits per heavy atom. The molecular formula is C47H49BN4. The van der Waals surface area contributed by atoms with Crippen LogP contribution in [0.5, 0.6) is 0 Å². The van der Waals surface area contributed by atoms with Gasteiger partial charge in [0.05, 0.1) is 22.1 Å². The van der Waals surface area contributed by atoms with E-state index in [9.17, 15) is 0 Å². The first-order valence-electron chi connectivity index (χ1n) is 19.1. The Morgan fingerprint density at radius 3 is 1.83 bits per heavy atom. The lowest BCUT2D eigenvalue weighted by Crippen LogP contribution is -2.55. The summed E-state index contributed by atoms with van der Waals surface area (Å²) in [5.41, 5.74) is 19.5. The van der Waals surface area contributed by atoms with Crippen molar-refractivity contribution >= 4 is 67.4 Å². The van der Waals surface area contributed by atoms with Crippen LogP contribution in [-0.2, 0) is 21.7 Å². The zero-order valence-electron chi connectivity index (χ0n) is 32.9. The van der Waals surface area contributed by atoms with Gasteiger partial charge in [-0.05, 0) is 109 Å². The van der Waals surface area contributed by atoms with Gasteiger partial charge in [0.15, 0.2) is 0 Å². The molecule has 8 aromatic rings. The van der Waals surface area contributed by atoms with Crippen LogP contribution in [0.1, 0.15) is 105 Å². The lowest BCUT2D eigenvalue weighted by atomic mass is 9.45. The number of nitrogens with zero attached hydrogens (tertiary/aromatic N) is 4. The van der Waals surface area contributed by atoms with Crippen molar-refractivity contribution in [2.45, 2.75) is 105 Å². The van der Waals surface area contributed by atoms with E-state index in [2.05, 4.69) is 175 Å². The average molecular weight is 681 g/mol. The Hall–Kier alpha value is -4.77. The largest absolute Gasteiger partial charge is 0.375 e. The van der Waals surface area contributed by atoms with Crippen molar-refractivity contribution in [2.75, 3.05) is 0 Å². The molecular weight excluding hydrogens is 631 g/mol. The minimum absolute atomic E-state index is 0.00126. The van der Waals surface area contributed by atoms with E-state index in [0.29, 0.717) is 0 Å². The van der Waals surface area contributed by atoms with Crippen molar-refractivity contribution in [3.63, 3.8) is 0 Å². The van der Waals surface area contributed by atoms with Crippen LogP contribution in [0.2, 0.25) is 0 Å². The number of hydrogen-bond donors (Lipinski definition) is 0. The van der Waals surface area contributed by atoms with E-state index in [-0.39, 0.29) is 28.5 Å². The molecule has 2 aliphatic rings. The summed E-state index contributed by atoms with van der Waals surface area (Å²) >= 11 is 0. The molecule has 0 radical (unpaired) electrons. The van der Waals surface area contributed by atoms with Gasteiger partial charge in [-0.2, -0.15) is 0 Å². The quantitative estimate of drug-likeness (QED) is 0.147. The van der Waals surface area contributed by atoms with Gasteiger partial charge in [-0.3, -0.25) is 8.97 Å². The van der Waals surface area contributed by atoms with Crippen LogP contribution in [0.25, 0.3) is 66.5 Å². The summed E-state index contributed by atoms with van der Waals surface area (Å²) in [6.07, 6.45) is 0. The third-order valence-electron chi connectivity index (χ3n) is 12.2. The highest BCUT2D eigenvalue weighted by molar-refractivity contribution is 6.90. The lowest BCUT2D eigenvalue weighted by Gasteiger charge is -2.35. The van der Waals surface area contributed by atoms with E-state index in [1.165, 1.54) is 88.3 Å². The number of benzene rings is 5. The maximum Gasteiger partial charge on any atom is 0.333 e. The minimum atomic E-state index is -0.0459. The van der Waals surface area contributed by atoms with Gasteiger partial charge in [0.25, 0.3) is 0 Å². The van der Waals surface area contributed by atoms with Gasteiger partial charge in [0.1, 0.15) is 0 Å². The topological polar surface area (TPSA) is 27.2 Å². The smallest absolute Gasteiger partial charge is 0.333 e. The van der Waals surface area contributed by atoms with Crippen LogP contribution in [0, 0.1) is 0 Å². The molecule has 0 fully saturated rings. The predicted molar refractivity (Wildman–Crippen MR) is 223 cm³/mol. The summed E-state index contributed by atoms with van der Waals surface area (Å²) in [5, 5.41) is 2.71. The van der Waals surface area contributed by atoms with E-state index in [1.807, 2.05) is 0 Å². The fourth-order valence-corrected chi connectivity index (χ4v) is 9.19. The van der Waals surface area contributed by atoms with E-state index in [1.54, 1.807) is 0 Å². The number of imidazole rings is 2. The first-order valence-corrected chi connectivity index (χ1v) is 19.1. The fourth-order valence-electron chi connectivity index (χ4n) is 9.19. The molecule has 5 heteroatoms. The van der Waals surface area contributed by atoms with E-state index < -0.39 is 0 Å². The summed E-state index contributed by atoms with van der Waals surface area (Å²) in [5.74, 6) is 0.988. The number of fused-ring (bicyclic) bond motifs is 12. The average Bonchev–Trinajstić information content (AvgIpc) is 3.70. The van der Waals surface area contributed by atoms with Crippen molar-refractivity contribution in [1.29, 1.82) is 0 Å². The molecule has 10 rings (SSSR count). The second kappa shape index (κ2) is 9.61. The molecule has 0 amide bonds. The Morgan fingerprint density at radius 2 is 1.13 bits per heavy atom. The molecule has 0 atom stereocenters. The van der Waals surface area contributed by atoms with Gasteiger partial charge in [0.2, 0.25) is 5.78 Å². The molecule has 0 spiro atoms. The molecule has 0 bridgehead atoms. The molecule has 4 nitrogen and oxygen atoms in total. The van der Waals surface area contributed by atoms with Crippen LogP contribution in [-0.4, -0.2) is 25.3 Å². The van der Waals surface area contributed by atoms with Gasteiger partial charge in [-0.1, -0.05) is 113 Å². The van der Waals surface area contributed by atoms with Gasteiger partial charge in [-0.25, -0.2) is 4.98 Å². The lowest BCUT2D eigenvalue weighted by molar-refractivity contribution is 0.590. The molecule has 0 saturated heterocycles. The standard InChI is InChI=1S/C47H49BN4/c1-44(2,3)26-17-19-36-31(20-26)33-22-28(46(7,8)9)21-32-30-14-13-15-37-40(30)48(52(36)41(32)33)34-23-29(47(10,11)12)25-39-42(34)51(37)43-49-35-18-16-27(45(4,5)6)24-38(35)50(39)43/h13-25H,1-12H3. The predicted octanol–water partition coefficient (Wildman–Crippen LogP) is 10.7. The third kappa shape index (κ3) is 4.08. The Bertz CT molecular complexity index is 2880. The summed E-state index contributed by atoms with van der Waals surface area (Å²) in [4.78, 5) is 5.43. The van der Waals surface area contributed by atoms with Crippen LogP contribution in [0.4, 0.5) is 0 Å². The molecule has 0 aliphatic carbocycles. The maximum atomic E-state index is 5.43. The van der Waals surface area contributed by atoms with Crippen molar-refractivity contribution in [2.24, 2.45) is 0 Å². The van der Waals surface area contributed by atoms with E-state index >= 15 is 0 Å². The van der Waals surface area contributed by atoms with Crippen molar-refractivity contribution in [1.82, 2.24) is 18.4 Å². The van der Waals surface area contributed by atoms with E-state index in [0.717, 1.165) is 11.3 Å². The number of rotatable bonds is 0. The van der Waals surface area contributed by atoms with Crippen LogP contribution in [0.15, 0.2) is 78.9 Å².